The standard InChI is InChI=1S/C19H21NOS/c1-20(2)19(22)21-18-13-16-8-7-14-3-5-15(6-4-14)9-11-17(18)12-10-16/h3-6,10,12-13H,7-9,11H2,1-2H3. The molecule has 2 aromatic carbocycles. The third-order valence-electron chi connectivity index (χ3n) is 4.10. The fraction of sp³-hybridized carbons (Fsp3) is 0.316. The fourth-order valence-corrected chi connectivity index (χ4v) is 2.77. The molecule has 3 heteroatoms. The lowest BCUT2D eigenvalue weighted by molar-refractivity contribution is 0.445. The van der Waals surface area contributed by atoms with Gasteiger partial charge in [0.1, 0.15) is 5.75 Å². The Hall–Kier alpha value is -1.87. The molecule has 0 aliphatic heterocycles. The molecule has 6 rings (SSSR count). The van der Waals surface area contributed by atoms with E-state index >= 15 is 0 Å². The second kappa shape index (κ2) is 6.49. The third kappa shape index (κ3) is 3.47. The molecule has 0 fully saturated rings. The van der Waals surface area contributed by atoms with Crippen LogP contribution in [0, 0.1) is 0 Å². The molecule has 4 aliphatic carbocycles. The Balaban J connectivity index is 1.92. The van der Waals surface area contributed by atoms with E-state index in [9.17, 15) is 0 Å². The lowest BCUT2D eigenvalue weighted by atomic mass is 9.96. The molecule has 0 aromatic heterocycles. The number of ether oxygens (including phenoxy) is 1. The predicted molar refractivity (Wildman–Crippen MR) is 94.6 cm³/mol. The first-order valence-corrected chi connectivity index (χ1v) is 8.11. The van der Waals surface area contributed by atoms with Gasteiger partial charge in [-0.15, -0.1) is 0 Å². The number of rotatable bonds is 1. The van der Waals surface area contributed by atoms with E-state index in [1.165, 1.54) is 22.3 Å². The lowest BCUT2D eigenvalue weighted by Gasteiger charge is -2.18. The Morgan fingerprint density at radius 1 is 0.864 bits per heavy atom. The van der Waals surface area contributed by atoms with Gasteiger partial charge in [-0.05, 0) is 66.2 Å². The second-order valence-electron chi connectivity index (χ2n) is 6.02. The van der Waals surface area contributed by atoms with Gasteiger partial charge < -0.3 is 9.64 Å². The molecule has 0 radical (unpaired) electrons. The number of nitrogens with zero attached hydrogens (tertiary/aromatic N) is 1. The molecule has 0 spiro atoms. The van der Waals surface area contributed by atoms with E-state index in [1.807, 2.05) is 19.0 Å². The smallest absolute Gasteiger partial charge is 0.264 e. The van der Waals surface area contributed by atoms with Crippen LogP contribution in [0.25, 0.3) is 0 Å². The summed E-state index contributed by atoms with van der Waals surface area (Å²) in [5, 5.41) is 0.508. The van der Waals surface area contributed by atoms with E-state index in [2.05, 4.69) is 42.5 Å². The molecule has 0 unspecified atom stereocenters. The van der Waals surface area contributed by atoms with Crippen LogP contribution in [-0.2, 0) is 25.7 Å². The molecule has 0 N–H and O–H groups in total. The zero-order valence-corrected chi connectivity index (χ0v) is 14.0. The van der Waals surface area contributed by atoms with Gasteiger partial charge in [0.15, 0.2) is 0 Å². The predicted octanol–water partition coefficient (Wildman–Crippen LogP) is 3.80. The number of hydrogen-bond acceptors (Lipinski definition) is 2. The summed E-state index contributed by atoms with van der Waals surface area (Å²) >= 11 is 5.30. The van der Waals surface area contributed by atoms with Crippen LogP contribution in [-0.4, -0.2) is 24.2 Å². The third-order valence-corrected chi connectivity index (χ3v) is 4.55. The van der Waals surface area contributed by atoms with Crippen molar-refractivity contribution in [3.8, 4) is 5.75 Å². The van der Waals surface area contributed by atoms with Crippen molar-refractivity contribution >= 4 is 17.4 Å². The van der Waals surface area contributed by atoms with Crippen molar-refractivity contribution in [3.05, 3.63) is 64.7 Å². The molecule has 114 valence electrons. The summed E-state index contributed by atoms with van der Waals surface area (Å²) in [6.45, 7) is 0. The Morgan fingerprint density at radius 2 is 1.41 bits per heavy atom. The number of aryl methyl sites for hydroxylation is 4. The van der Waals surface area contributed by atoms with Gasteiger partial charge in [0.05, 0.1) is 0 Å². The van der Waals surface area contributed by atoms with Crippen LogP contribution in [0.5, 0.6) is 5.75 Å². The Morgan fingerprint density at radius 3 is 2.05 bits per heavy atom. The van der Waals surface area contributed by atoms with Crippen molar-refractivity contribution in [1.82, 2.24) is 4.90 Å². The molecule has 0 atom stereocenters. The Labute approximate surface area is 137 Å². The summed E-state index contributed by atoms with van der Waals surface area (Å²) in [6.07, 6.45) is 4.05. The van der Waals surface area contributed by atoms with Crippen LogP contribution in [0.4, 0.5) is 0 Å². The monoisotopic (exact) mass is 311 g/mol. The summed E-state index contributed by atoms with van der Waals surface area (Å²) in [6, 6.07) is 15.6. The minimum atomic E-state index is 0.508. The Bertz CT molecular complexity index is 676. The van der Waals surface area contributed by atoms with Crippen molar-refractivity contribution in [2.75, 3.05) is 14.1 Å². The average molecular weight is 311 g/mol. The summed E-state index contributed by atoms with van der Waals surface area (Å²) in [4.78, 5) is 1.83. The fourth-order valence-electron chi connectivity index (χ4n) is 2.68. The summed E-state index contributed by atoms with van der Waals surface area (Å²) in [5.74, 6) is 0.909. The molecule has 4 aliphatic rings. The van der Waals surface area contributed by atoms with E-state index in [1.54, 1.807) is 0 Å². The van der Waals surface area contributed by atoms with Crippen molar-refractivity contribution in [2.45, 2.75) is 25.7 Å². The molecule has 0 amide bonds. The quantitative estimate of drug-likeness (QED) is 0.743. The van der Waals surface area contributed by atoms with Gasteiger partial charge in [0.2, 0.25) is 0 Å². The maximum atomic E-state index is 5.93. The second-order valence-corrected chi connectivity index (χ2v) is 6.37. The van der Waals surface area contributed by atoms with E-state index in [-0.39, 0.29) is 0 Å². The van der Waals surface area contributed by atoms with Crippen LogP contribution in [0.1, 0.15) is 22.3 Å². The zero-order valence-electron chi connectivity index (χ0n) is 13.1. The van der Waals surface area contributed by atoms with E-state index in [0.717, 1.165) is 31.4 Å². The largest absolute Gasteiger partial charge is 0.431 e. The van der Waals surface area contributed by atoms with Gasteiger partial charge in [-0.1, -0.05) is 36.4 Å². The van der Waals surface area contributed by atoms with Crippen molar-refractivity contribution in [2.24, 2.45) is 0 Å². The highest BCUT2D eigenvalue weighted by molar-refractivity contribution is 7.80. The summed E-state index contributed by atoms with van der Waals surface area (Å²) < 4.78 is 5.93. The minimum Gasteiger partial charge on any atom is -0.431 e. The lowest BCUT2D eigenvalue weighted by Crippen LogP contribution is -2.25. The summed E-state index contributed by atoms with van der Waals surface area (Å²) in [5.41, 5.74) is 5.27. The molecule has 4 bridgehead atoms. The van der Waals surface area contributed by atoms with Crippen molar-refractivity contribution < 1.29 is 4.74 Å². The topological polar surface area (TPSA) is 12.5 Å². The average Bonchev–Trinajstić information content (AvgIpc) is 2.50. The first-order chi connectivity index (χ1) is 10.6. The highest BCUT2D eigenvalue weighted by Gasteiger charge is 2.11. The molecule has 0 heterocycles. The maximum Gasteiger partial charge on any atom is 0.264 e. The number of thiocarbonyl (C=S) groups is 1. The molecule has 2 nitrogen and oxygen atoms in total. The van der Waals surface area contributed by atoms with Crippen molar-refractivity contribution in [1.29, 1.82) is 0 Å². The maximum absolute atomic E-state index is 5.93. The highest BCUT2D eigenvalue weighted by Crippen LogP contribution is 2.25. The van der Waals surface area contributed by atoms with Gasteiger partial charge >= 0.3 is 0 Å². The van der Waals surface area contributed by atoms with E-state index in [4.69, 9.17) is 17.0 Å². The summed E-state index contributed by atoms with van der Waals surface area (Å²) in [7, 11) is 3.82. The van der Waals surface area contributed by atoms with Crippen LogP contribution < -0.4 is 4.74 Å². The molecule has 0 saturated carbocycles. The molecular weight excluding hydrogens is 290 g/mol. The van der Waals surface area contributed by atoms with Crippen LogP contribution >= 0.6 is 12.2 Å². The molecule has 2 aromatic rings. The highest BCUT2D eigenvalue weighted by atomic mass is 32.1. The van der Waals surface area contributed by atoms with E-state index in [0.29, 0.717) is 5.17 Å². The van der Waals surface area contributed by atoms with Crippen LogP contribution in [0.2, 0.25) is 0 Å². The first-order valence-electron chi connectivity index (χ1n) is 7.70. The van der Waals surface area contributed by atoms with E-state index < -0.39 is 0 Å². The van der Waals surface area contributed by atoms with Gasteiger partial charge in [0, 0.05) is 14.1 Å². The number of hydrogen-bond donors (Lipinski definition) is 0. The normalized spacial score (nSPS) is 13.4. The van der Waals surface area contributed by atoms with Crippen molar-refractivity contribution in [3.63, 3.8) is 0 Å². The zero-order chi connectivity index (χ0) is 15.5. The van der Waals surface area contributed by atoms with Gasteiger partial charge in [0.25, 0.3) is 5.17 Å². The molecule has 22 heavy (non-hydrogen) atoms. The van der Waals surface area contributed by atoms with Gasteiger partial charge in [-0.2, -0.15) is 0 Å². The minimum absolute atomic E-state index is 0.508. The molecule has 0 saturated heterocycles. The van der Waals surface area contributed by atoms with Gasteiger partial charge in [-0.3, -0.25) is 0 Å². The van der Waals surface area contributed by atoms with Gasteiger partial charge in [-0.25, -0.2) is 0 Å². The first kappa shape index (κ1) is 15.0. The van der Waals surface area contributed by atoms with Crippen LogP contribution in [0.15, 0.2) is 42.5 Å². The number of benzene rings is 2. The van der Waals surface area contributed by atoms with Crippen LogP contribution in [0.3, 0.4) is 0 Å². The molecular formula is C19H21NOS. The Kier molecular flexibility index (Phi) is 4.44. The SMILES string of the molecule is CN(C)C(=S)Oc1cc2ccc1CCc1ccc(cc1)CC2.